The van der Waals surface area contributed by atoms with E-state index in [9.17, 15) is 14.4 Å². The standard InChI is InChI=1S/C25H23N3O4/c29-22(10-9-19-6-3-17-32-19)27-14-11-26(12-15-27)13-16-28-24(30)20-7-1-4-18-5-2-8-21(23(18)20)25(28)31/h1-10,17H,11-16H2/b10-9+. The van der Waals surface area contributed by atoms with Crippen LogP contribution in [0.15, 0.2) is 65.3 Å². The number of carbonyl (C=O) groups excluding carboxylic acids is 3. The van der Waals surface area contributed by atoms with Crippen LogP contribution in [-0.4, -0.2) is 71.7 Å². The van der Waals surface area contributed by atoms with Crippen LogP contribution in [0.2, 0.25) is 0 Å². The van der Waals surface area contributed by atoms with Crippen molar-refractivity contribution in [3.63, 3.8) is 0 Å². The Morgan fingerprint density at radius 3 is 2.19 bits per heavy atom. The molecule has 0 N–H and O–H groups in total. The van der Waals surface area contributed by atoms with Gasteiger partial charge in [0.1, 0.15) is 5.76 Å². The van der Waals surface area contributed by atoms with E-state index >= 15 is 0 Å². The monoisotopic (exact) mass is 429 g/mol. The Morgan fingerprint density at radius 2 is 1.56 bits per heavy atom. The fraction of sp³-hybridized carbons (Fsp3) is 0.240. The van der Waals surface area contributed by atoms with Crippen molar-refractivity contribution in [2.75, 3.05) is 39.3 Å². The number of rotatable bonds is 5. The van der Waals surface area contributed by atoms with Crippen molar-refractivity contribution in [1.29, 1.82) is 0 Å². The lowest BCUT2D eigenvalue weighted by atomic mass is 9.94. The minimum absolute atomic E-state index is 0.0489. The third-order valence-corrected chi connectivity index (χ3v) is 6.11. The molecule has 7 nitrogen and oxygen atoms in total. The molecule has 3 amide bonds. The van der Waals surface area contributed by atoms with E-state index in [4.69, 9.17) is 4.42 Å². The van der Waals surface area contributed by atoms with E-state index in [1.54, 1.807) is 41.5 Å². The summed E-state index contributed by atoms with van der Waals surface area (Å²) < 4.78 is 5.21. The predicted octanol–water partition coefficient (Wildman–Crippen LogP) is 2.89. The van der Waals surface area contributed by atoms with E-state index in [0.717, 1.165) is 10.8 Å². The van der Waals surface area contributed by atoms with E-state index in [1.165, 1.54) is 11.0 Å². The zero-order chi connectivity index (χ0) is 22.1. The van der Waals surface area contributed by atoms with Crippen molar-refractivity contribution in [2.45, 2.75) is 0 Å². The van der Waals surface area contributed by atoms with E-state index < -0.39 is 0 Å². The number of benzene rings is 2. The summed E-state index contributed by atoms with van der Waals surface area (Å²) in [6.07, 6.45) is 4.76. The molecule has 0 radical (unpaired) electrons. The van der Waals surface area contributed by atoms with Gasteiger partial charge in [-0.3, -0.25) is 24.2 Å². The van der Waals surface area contributed by atoms with Gasteiger partial charge < -0.3 is 9.32 Å². The van der Waals surface area contributed by atoms with Gasteiger partial charge >= 0.3 is 0 Å². The highest BCUT2D eigenvalue weighted by Gasteiger charge is 2.33. The quantitative estimate of drug-likeness (QED) is 0.461. The summed E-state index contributed by atoms with van der Waals surface area (Å²) in [5, 5.41) is 1.65. The van der Waals surface area contributed by atoms with Crippen molar-refractivity contribution in [1.82, 2.24) is 14.7 Å². The lowest BCUT2D eigenvalue weighted by Gasteiger charge is -2.35. The molecule has 5 rings (SSSR count). The molecule has 0 saturated carbocycles. The molecule has 2 aromatic carbocycles. The lowest BCUT2D eigenvalue weighted by molar-refractivity contribution is -0.127. The van der Waals surface area contributed by atoms with Gasteiger partial charge in [-0.15, -0.1) is 0 Å². The van der Waals surface area contributed by atoms with Gasteiger partial charge in [0.15, 0.2) is 0 Å². The minimum atomic E-state index is -0.240. The van der Waals surface area contributed by atoms with Crippen LogP contribution in [0.25, 0.3) is 16.8 Å². The highest BCUT2D eigenvalue weighted by molar-refractivity contribution is 6.25. The van der Waals surface area contributed by atoms with Crippen LogP contribution in [0, 0.1) is 0 Å². The van der Waals surface area contributed by atoms with E-state index in [0.29, 0.717) is 56.2 Å². The van der Waals surface area contributed by atoms with Crippen molar-refractivity contribution in [3.8, 4) is 0 Å². The first-order valence-electron chi connectivity index (χ1n) is 10.7. The SMILES string of the molecule is O=C(/C=C/c1ccco1)N1CCN(CCN2C(=O)c3cccc4cccc(c34)C2=O)CC1. The zero-order valence-corrected chi connectivity index (χ0v) is 17.6. The number of furan rings is 1. The predicted molar refractivity (Wildman–Crippen MR) is 120 cm³/mol. The van der Waals surface area contributed by atoms with E-state index in [1.807, 2.05) is 24.3 Å². The number of imide groups is 1. The number of hydrogen-bond acceptors (Lipinski definition) is 5. The number of nitrogens with zero attached hydrogens (tertiary/aromatic N) is 3. The van der Waals surface area contributed by atoms with Gasteiger partial charge in [-0.05, 0) is 35.7 Å². The first-order valence-corrected chi connectivity index (χ1v) is 10.7. The van der Waals surface area contributed by atoms with Gasteiger partial charge in [-0.1, -0.05) is 24.3 Å². The van der Waals surface area contributed by atoms with Crippen LogP contribution in [0.5, 0.6) is 0 Å². The number of carbonyl (C=O) groups is 3. The minimum Gasteiger partial charge on any atom is -0.465 e. The average Bonchev–Trinajstić information content (AvgIpc) is 3.35. The van der Waals surface area contributed by atoms with Gasteiger partial charge in [0, 0.05) is 61.9 Å². The first kappa shape index (κ1) is 20.2. The van der Waals surface area contributed by atoms with Crippen LogP contribution >= 0.6 is 0 Å². The summed E-state index contributed by atoms with van der Waals surface area (Å²) in [4.78, 5) is 43.7. The van der Waals surface area contributed by atoms with Gasteiger partial charge in [0.25, 0.3) is 11.8 Å². The summed E-state index contributed by atoms with van der Waals surface area (Å²) >= 11 is 0. The highest BCUT2D eigenvalue weighted by Crippen LogP contribution is 2.29. The van der Waals surface area contributed by atoms with Crippen LogP contribution in [0.4, 0.5) is 0 Å². The lowest BCUT2D eigenvalue weighted by Crippen LogP contribution is -2.51. The third-order valence-electron chi connectivity index (χ3n) is 6.11. The Bertz CT molecular complexity index is 1160. The van der Waals surface area contributed by atoms with Gasteiger partial charge in [-0.25, -0.2) is 0 Å². The molecule has 162 valence electrons. The maximum Gasteiger partial charge on any atom is 0.261 e. The normalized spacial score (nSPS) is 17.0. The Morgan fingerprint density at radius 1 is 0.875 bits per heavy atom. The Labute approximate surface area is 185 Å². The number of piperazine rings is 1. The molecule has 0 atom stereocenters. The van der Waals surface area contributed by atoms with Crippen LogP contribution in [-0.2, 0) is 4.79 Å². The molecule has 1 saturated heterocycles. The highest BCUT2D eigenvalue weighted by atomic mass is 16.3. The molecular formula is C25H23N3O4. The van der Waals surface area contributed by atoms with Crippen LogP contribution < -0.4 is 0 Å². The molecule has 32 heavy (non-hydrogen) atoms. The molecule has 1 aromatic heterocycles. The van der Waals surface area contributed by atoms with Gasteiger partial charge in [0.05, 0.1) is 6.26 Å². The average molecular weight is 429 g/mol. The molecule has 7 heteroatoms. The fourth-order valence-corrected chi connectivity index (χ4v) is 4.36. The maximum absolute atomic E-state index is 13.0. The molecule has 0 bridgehead atoms. The second-order valence-electron chi connectivity index (χ2n) is 7.99. The second kappa shape index (κ2) is 8.43. The number of amides is 3. The molecule has 1 fully saturated rings. The van der Waals surface area contributed by atoms with Crippen LogP contribution in [0.3, 0.4) is 0 Å². The second-order valence-corrected chi connectivity index (χ2v) is 7.99. The summed E-state index contributed by atoms with van der Waals surface area (Å²) in [6.45, 7) is 3.51. The summed E-state index contributed by atoms with van der Waals surface area (Å²) in [7, 11) is 0. The third kappa shape index (κ3) is 3.71. The Hall–Kier alpha value is -3.71. The van der Waals surface area contributed by atoms with E-state index in [-0.39, 0.29) is 17.7 Å². The van der Waals surface area contributed by atoms with E-state index in [2.05, 4.69) is 4.90 Å². The Kier molecular flexibility index (Phi) is 5.33. The molecule has 0 unspecified atom stereocenters. The summed E-state index contributed by atoms with van der Waals surface area (Å²) in [5.41, 5.74) is 1.16. The van der Waals surface area contributed by atoms with Crippen molar-refractivity contribution < 1.29 is 18.8 Å². The van der Waals surface area contributed by atoms with Gasteiger partial charge in [-0.2, -0.15) is 0 Å². The molecule has 0 spiro atoms. The maximum atomic E-state index is 13.0. The molecule has 3 heterocycles. The smallest absolute Gasteiger partial charge is 0.261 e. The zero-order valence-electron chi connectivity index (χ0n) is 17.6. The number of hydrogen-bond donors (Lipinski definition) is 0. The molecule has 2 aliphatic rings. The largest absolute Gasteiger partial charge is 0.465 e. The summed E-state index contributed by atoms with van der Waals surface area (Å²) in [6, 6.07) is 14.7. The molecule has 2 aliphatic heterocycles. The van der Waals surface area contributed by atoms with Crippen LogP contribution in [0.1, 0.15) is 26.5 Å². The van der Waals surface area contributed by atoms with Gasteiger partial charge in [0.2, 0.25) is 5.91 Å². The molecular weight excluding hydrogens is 406 g/mol. The fourth-order valence-electron chi connectivity index (χ4n) is 4.36. The molecule has 3 aromatic rings. The van der Waals surface area contributed by atoms with Crippen molar-refractivity contribution in [3.05, 3.63) is 77.8 Å². The molecule has 0 aliphatic carbocycles. The topological polar surface area (TPSA) is 74.1 Å². The first-order chi connectivity index (χ1) is 15.6. The Balaban J connectivity index is 1.19. The van der Waals surface area contributed by atoms with Crippen molar-refractivity contribution in [2.24, 2.45) is 0 Å². The van der Waals surface area contributed by atoms with Crippen molar-refractivity contribution >= 4 is 34.6 Å². The summed E-state index contributed by atoms with van der Waals surface area (Å²) in [5.74, 6) is 0.115.